The molecule has 0 radical (unpaired) electrons. The highest BCUT2D eigenvalue weighted by Gasteiger charge is 2.30. The van der Waals surface area contributed by atoms with Crippen LogP contribution in [0.15, 0.2) is 0 Å². The SMILES string of the molecule is O=C(O)[C@@H]1CC[C@@H](C(=O)O)SS1. The van der Waals surface area contributed by atoms with Gasteiger partial charge in [0.25, 0.3) is 0 Å². The third kappa shape index (κ3) is 2.31. The van der Waals surface area contributed by atoms with Gasteiger partial charge in [-0.1, -0.05) is 21.6 Å². The van der Waals surface area contributed by atoms with Gasteiger partial charge >= 0.3 is 11.9 Å². The van der Waals surface area contributed by atoms with Gasteiger partial charge < -0.3 is 10.2 Å². The van der Waals surface area contributed by atoms with Crippen molar-refractivity contribution >= 4 is 33.5 Å². The molecule has 1 aliphatic heterocycles. The van der Waals surface area contributed by atoms with Crippen molar-refractivity contribution in [3.05, 3.63) is 0 Å². The molecule has 0 unspecified atom stereocenters. The van der Waals surface area contributed by atoms with Crippen LogP contribution < -0.4 is 0 Å². The lowest BCUT2D eigenvalue weighted by molar-refractivity contribution is -0.138. The average molecular weight is 208 g/mol. The number of carboxylic acids is 2. The standard InChI is InChI=1S/C6H8O4S2/c7-5(8)3-1-2-4(6(9)10)12-11-3/h3-4H,1-2H2,(H,7,8)(H,9,10)/t3-,4-/m0/s1. The average Bonchev–Trinajstić information content (AvgIpc) is 2.04. The molecular weight excluding hydrogens is 200 g/mol. The molecule has 1 fully saturated rings. The second kappa shape index (κ2) is 4.04. The Hall–Kier alpha value is -0.360. The van der Waals surface area contributed by atoms with Crippen LogP contribution in [0.25, 0.3) is 0 Å². The maximum absolute atomic E-state index is 10.4. The number of carboxylic acid groups (broad SMARTS) is 2. The van der Waals surface area contributed by atoms with Gasteiger partial charge in [0.15, 0.2) is 0 Å². The van der Waals surface area contributed by atoms with E-state index in [1.54, 1.807) is 0 Å². The Morgan fingerprint density at radius 1 is 1.00 bits per heavy atom. The molecule has 0 saturated carbocycles. The smallest absolute Gasteiger partial charge is 0.317 e. The molecule has 68 valence electrons. The van der Waals surface area contributed by atoms with E-state index in [0.29, 0.717) is 12.8 Å². The van der Waals surface area contributed by atoms with Crippen molar-refractivity contribution in [1.29, 1.82) is 0 Å². The summed E-state index contributed by atoms with van der Waals surface area (Å²) in [6.07, 6.45) is 0.897. The highest BCUT2D eigenvalue weighted by Crippen LogP contribution is 2.40. The van der Waals surface area contributed by atoms with Gasteiger partial charge in [0.1, 0.15) is 10.5 Å². The van der Waals surface area contributed by atoms with Crippen molar-refractivity contribution in [3.8, 4) is 0 Å². The lowest BCUT2D eigenvalue weighted by Crippen LogP contribution is -2.25. The van der Waals surface area contributed by atoms with Crippen molar-refractivity contribution in [2.75, 3.05) is 0 Å². The maximum Gasteiger partial charge on any atom is 0.317 e. The van der Waals surface area contributed by atoms with E-state index in [4.69, 9.17) is 10.2 Å². The van der Waals surface area contributed by atoms with Crippen LogP contribution in [0.2, 0.25) is 0 Å². The van der Waals surface area contributed by atoms with E-state index in [2.05, 4.69) is 0 Å². The predicted octanol–water partition coefficient (Wildman–Crippen LogP) is 1.07. The Morgan fingerprint density at radius 2 is 1.33 bits per heavy atom. The van der Waals surface area contributed by atoms with Crippen LogP contribution in [0, 0.1) is 0 Å². The predicted molar refractivity (Wildman–Crippen MR) is 47.3 cm³/mol. The first-order chi connectivity index (χ1) is 5.61. The normalized spacial score (nSPS) is 29.7. The first-order valence-corrected chi connectivity index (χ1v) is 5.66. The summed E-state index contributed by atoms with van der Waals surface area (Å²) in [5.74, 6) is -1.70. The largest absolute Gasteiger partial charge is 0.480 e. The quantitative estimate of drug-likeness (QED) is 0.661. The molecule has 1 saturated heterocycles. The summed E-state index contributed by atoms with van der Waals surface area (Å²) < 4.78 is 0. The third-order valence-corrected chi connectivity index (χ3v) is 4.71. The zero-order chi connectivity index (χ0) is 9.14. The Kier molecular flexibility index (Phi) is 3.28. The van der Waals surface area contributed by atoms with Gasteiger partial charge in [-0.05, 0) is 12.8 Å². The first-order valence-electron chi connectivity index (χ1n) is 3.39. The molecule has 2 N–H and O–H groups in total. The fraction of sp³-hybridized carbons (Fsp3) is 0.667. The second-order valence-electron chi connectivity index (χ2n) is 2.42. The van der Waals surface area contributed by atoms with Gasteiger partial charge in [-0.25, -0.2) is 0 Å². The summed E-state index contributed by atoms with van der Waals surface area (Å²) >= 11 is 0. The zero-order valence-corrected chi connectivity index (χ0v) is 7.73. The van der Waals surface area contributed by atoms with Gasteiger partial charge in [0.2, 0.25) is 0 Å². The minimum absolute atomic E-state index is 0.439. The molecule has 0 aliphatic carbocycles. The van der Waals surface area contributed by atoms with Crippen LogP contribution in [0.3, 0.4) is 0 Å². The fourth-order valence-electron chi connectivity index (χ4n) is 0.862. The molecule has 4 nitrogen and oxygen atoms in total. The van der Waals surface area contributed by atoms with Crippen molar-refractivity contribution in [2.24, 2.45) is 0 Å². The summed E-state index contributed by atoms with van der Waals surface area (Å²) in [5.41, 5.74) is 0. The van der Waals surface area contributed by atoms with Gasteiger partial charge in [-0.3, -0.25) is 9.59 Å². The van der Waals surface area contributed by atoms with E-state index in [1.807, 2.05) is 0 Å². The monoisotopic (exact) mass is 208 g/mol. The van der Waals surface area contributed by atoms with Gasteiger partial charge in [0, 0.05) is 0 Å². The van der Waals surface area contributed by atoms with Crippen LogP contribution in [0.1, 0.15) is 12.8 Å². The van der Waals surface area contributed by atoms with E-state index >= 15 is 0 Å². The van der Waals surface area contributed by atoms with Crippen LogP contribution in [0.5, 0.6) is 0 Å². The Bertz CT molecular complexity index is 176. The zero-order valence-electron chi connectivity index (χ0n) is 6.10. The molecule has 0 spiro atoms. The van der Waals surface area contributed by atoms with E-state index in [0.717, 1.165) is 21.6 Å². The second-order valence-corrected chi connectivity index (χ2v) is 5.10. The molecule has 0 aromatic carbocycles. The molecule has 2 atom stereocenters. The Labute approximate surface area is 77.1 Å². The molecular formula is C6H8O4S2. The van der Waals surface area contributed by atoms with E-state index in [1.165, 1.54) is 0 Å². The molecule has 1 aliphatic rings. The minimum atomic E-state index is -0.851. The minimum Gasteiger partial charge on any atom is -0.480 e. The molecule has 0 aromatic heterocycles. The van der Waals surface area contributed by atoms with Gasteiger partial charge in [-0.15, -0.1) is 0 Å². The van der Waals surface area contributed by atoms with Crippen molar-refractivity contribution < 1.29 is 19.8 Å². The van der Waals surface area contributed by atoms with Crippen molar-refractivity contribution in [1.82, 2.24) is 0 Å². The van der Waals surface area contributed by atoms with Gasteiger partial charge in [0.05, 0.1) is 0 Å². The van der Waals surface area contributed by atoms with Crippen LogP contribution in [-0.2, 0) is 9.59 Å². The Morgan fingerprint density at radius 3 is 1.50 bits per heavy atom. The Balaban J connectivity index is 2.39. The maximum atomic E-state index is 10.4. The van der Waals surface area contributed by atoms with Crippen LogP contribution in [0.4, 0.5) is 0 Å². The lowest BCUT2D eigenvalue weighted by Gasteiger charge is -2.21. The molecule has 0 amide bonds. The lowest BCUT2D eigenvalue weighted by atomic mass is 10.2. The number of carbonyl (C=O) groups is 2. The molecule has 0 aromatic rings. The molecule has 1 rings (SSSR count). The van der Waals surface area contributed by atoms with Crippen molar-refractivity contribution in [3.63, 3.8) is 0 Å². The number of hydrogen-bond donors (Lipinski definition) is 2. The van der Waals surface area contributed by atoms with E-state index < -0.39 is 22.4 Å². The number of hydrogen-bond acceptors (Lipinski definition) is 4. The molecule has 12 heavy (non-hydrogen) atoms. The summed E-state index contributed by atoms with van der Waals surface area (Å²) in [6, 6.07) is 0. The van der Waals surface area contributed by atoms with Crippen molar-refractivity contribution in [2.45, 2.75) is 23.3 Å². The third-order valence-electron chi connectivity index (χ3n) is 1.53. The van der Waals surface area contributed by atoms with Crippen LogP contribution >= 0.6 is 21.6 Å². The van der Waals surface area contributed by atoms with E-state index in [-0.39, 0.29) is 0 Å². The van der Waals surface area contributed by atoms with E-state index in [9.17, 15) is 9.59 Å². The number of rotatable bonds is 2. The van der Waals surface area contributed by atoms with Crippen LogP contribution in [-0.4, -0.2) is 32.7 Å². The highest BCUT2D eigenvalue weighted by atomic mass is 33.1. The fourth-order valence-corrected chi connectivity index (χ4v) is 3.64. The summed E-state index contributed by atoms with van der Waals surface area (Å²) in [5, 5.41) is 16.3. The summed E-state index contributed by atoms with van der Waals surface area (Å²) in [4.78, 5) is 20.9. The van der Waals surface area contributed by atoms with Gasteiger partial charge in [-0.2, -0.15) is 0 Å². The number of aliphatic carboxylic acids is 2. The summed E-state index contributed by atoms with van der Waals surface area (Å²) in [7, 11) is 2.29. The molecule has 1 heterocycles. The highest BCUT2D eigenvalue weighted by molar-refractivity contribution is 8.77. The first kappa shape index (κ1) is 9.73. The topological polar surface area (TPSA) is 74.6 Å². The molecule has 6 heteroatoms. The summed E-state index contributed by atoms with van der Waals surface area (Å²) in [6.45, 7) is 0. The molecule has 0 bridgehead atoms.